The number of carbonyl (C=O) groups excluding carboxylic acids is 1. The monoisotopic (exact) mass is 500 g/mol. The topological polar surface area (TPSA) is 66.8 Å². The Balaban J connectivity index is 0. The molecule has 3 aliphatic rings. The second-order valence-electron chi connectivity index (χ2n) is 7.96. The summed E-state index contributed by atoms with van der Waals surface area (Å²) in [6.45, 7) is 15.8. The zero-order valence-corrected chi connectivity index (χ0v) is 20.1. The van der Waals surface area contributed by atoms with Crippen LogP contribution in [0.25, 0.3) is 0 Å². The van der Waals surface area contributed by atoms with Crippen molar-refractivity contribution in [2.24, 2.45) is 17.8 Å². The molecule has 6 atom stereocenters. The first-order chi connectivity index (χ1) is 14.3. The largest absolute Gasteiger partial charge is 0.462 e. The van der Waals surface area contributed by atoms with E-state index in [9.17, 15) is 4.79 Å². The molecule has 0 bridgehead atoms. The third-order valence-corrected chi connectivity index (χ3v) is 5.46. The predicted octanol–water partition coefficient (Wildman–Crippen LogP) is 6.38. The number of aliphatic hydroxyl groups is 2. The van der Waals surface area contributed by atoms with Crippen molar-refractivity contribution in [3.05, 3.63) is 50.6 Å². The Hall–Kier alpha value is -1.17. The molecule has 3 saturated carbocycles. The predicted molar refractivity (Wildman–Crippen MR) is 136 cm³/mol. The molecule has 0 aromatic rings. The van der Waals surface area contributed by atoms with Crippen LogP contribution in [0.2, 0.25) is 0 Å². The van der Waals surface area contributed by atoms with E-state index in [-0.39, 0.29) is 31.7 Å². The van der Waals surface area contributed by atoms with Crippen molar-refractivity contribution < 1.29 is 19.7 Å². The maximum Gasteiger partial charge on any atom is 0.302 e. The lowest BCUT2D eigenvalue weighted by molar-refractivity contribution is -0.142. The number of rotatable bonds is 10. The lowest BCUT2D eigenvalue weighted by Gasteiger charge is -1.96. The van der Waals surface area contributed by atoms with E-state index in [1.165, 1.54) is 13.3 Å². The highest BCUT2D eigenvalue weighted by molar-refractivity contribution is 9.09. The molecule has 4 unspecified atom stereocenters. The van der Waals surface area contributed by atoms with Gasteiger partial charge in [0.2, 0.25) is 0 Å². The van der Waals surface area contributed by atoms with Gasteiger partial charge in [-0.3, -0.25) is 4.79 Å². The molecule has 31 heavy (non-hydrogen) atoms. The lowest BCUT2D eigenvalue weighted by Crippen LogP contribution is -2.02. The number of carbonyl (C=O) groups is 1. The van der Waals surface area contributed by atoms with Gasteiger partial charge in [-0.05, 0) is 63.2 Å². The van der Waals surface area contributed by atoms with E-state index in [1.54, 1.807) is 0 Å². The third kappa shape index (κ3) is 19.3. The molecule has 3 rings (SSSR count). The van der Waals surface area contributed by atoms with Crippen LogP contribution in [0.5, 0.6) is 0 Å². The Bertz CT molecular complexity index is 498. The van der Waals surface area contributed by atoms with E-state index in [4.69, 9.17) is 14.9 Å². The summed E-state index contributed by atoms with van der Waals surface area (Å²) in [5.41, 5.74) is 0. The van der Waals surface area contributed by atoms with Crippen LogP contribution in [0, 0.1) is 17.8 Å². The van der Waals surface area contributed by atoms with Gasteiger partial charge in [-0.25, -0.2) is 0 Å². The summed E-state index contributed by atoms with van der Waals surface area (Å²) in [6.07, 6.45) is 16.0. The first-order valence-corrected chi connectivity index (χ1v) is 12.0. The smallest absolute Gasteiger partial charge is 0.302 e. The van der Waals surface area contributed by atoms with Crippen LogP contribution in [0.1, 0.15) is 65.7 Å². The molecule has 0 aromatic heterocycles. The number of unbranched alkanes of at least 4 members (excludes halogenated alkanes) is 1. The van der Waals surface area contributed by atoms with Gasteiger partial charge in [0.1, 0.15) is 6.10 Å². The van der Waals surface area contributed by atoms with E-state index in [1.807, 2.05) is 24.3 Å². The van der Waals surface area contributed by atoms with Gasteiger partial charge in [0.05, 0.1) is 12.2 Å². The summed E-state index contributed by atoms with van der Waals surface area (Å²) in [5.74, 6) is 1.49. The third-order valence-electron chi connectivity index (χ3n) is 4.90. The number of esters is 1. The minimum atomic E-state index is -0.170. The summed E-state index contributed by atoms with van der Waals surface area (Å²) in [4.78, 5) is 10.4. The number of halogens is 1. The second-order valence-corrected chi connectivity index (χ2v) is 8.76. The minimum absolute atomic E-state index is 0. The van der Waals surface area contributed by atoms with Gasteiger partial charge in [0, 0.05) is 18.2 Å². The van der Waals surface area contributed by atoms with Gasteiger partial charge < -0.3 is 14.9 Å². The molecule has 0 aromatic carbocycles. The molecular formula is C26H45BrO4. The van der Waals surface area contributed by atoms with Crippen LogP contribution < -0.4 is 0 Å². The zero-order chi connectivity index (χ0) is 22.9. The number of hydrogen-bond acceptors (Lipinski definition) is 4. The first kappa shape index (κ1) is 32.0. The summed E-state index contributed by atoms with van der Waals surface area (Å²) in [5, 5.41) is 18.5. The fraction of sp³-hybridized carbons (Fsp3) is 0.654. The first-order valence-electron chi connectivity index (χ1n) is 10.9. The molecule has 0 radical (unpaired) electrons. The lowest BCUT2D eigenvalue weighted by atomic mass is 10.3. The highest BCUT2D eigenvalue weighted by Crippen LogP contribution is 2.36. The summed E-state index contributed by atoms with van der Waals surface area (Å²) < 4.78 is 4.94. The van der Waals surface area contributed by atoms with Crippen molar-refractivity contribution in [3.63, 3.8) is 0 Å². The molecular weight excluding hydrogens is 456 g/mol. The zero-order valence-electron chi connectivity index (χ0n) is 18.6. The average Bonchev–Trinajstić information content (AvgIpc) is 3.64. The molecule has 3 fully saturated rings. The van der Waals surface area contributed by atoms with E-state index >= 15 is 0 Å². The van der Waals surface area contributed by atoms with Gasteiger partial charge in [0.25, 0.3) is 0 Å². The van der Waals surface area contributed by atoms with E-state index in [0.717, 1.165) is 50.3 Å². The van der Waals surface area contributed by atoms with Crippen molar-refractivity contribution in [2.75, 3.05) is 5.33 Å². The van der Waals surface area contributed by atoms with Crippen LogP contribution in [0.15, 0.2) is 50.6 Å². The fourth-order valence-corrected chi connectivity index (χ4v) is 2.98. The highest BCUT2D eigenvalue weighted by Gasteiger charge is 2.38. The molecule has 5 heteroatoms. The van der Waals surface area contributed by atoms with Crippen molar-refractivity contribution >= 4 is 21.9 Å². The maximum absolute atomic E-state index is 10.4. The Morgan fingerprint density at radius 2 is 1.32 bits per heavy atom. The Kier molecular flexibility index (Phi) is 20.1. The quantitative estimate of drug-likeness (QED) is 0.158. The second kappa shape index (κ2) is 19.5. The van der Waals surface area contributed by atoms with Crippen molar-refractivity contribution in [1.29, 1.82) is 0 Å². The van der Waals surface area contributed by atoms with Crippen molar-refractivity contribution in [2.45, 2.75) is 84.0 Å². The average molecular weight is 502 g/mol. The van der Waals surface area contributed by atoms with E-state index in [2.05, 4.69) is 42.2 Å². The van der Waals surface area contributed by atoms with Crippen LogP contribution in [-0.4, -0.2) is 39.8 Å². The Morgan fingerprint density at radius 3 is 1.55 bits per heavy atom. The van der Waals surface area contributed by atoms with Gasteiger partial charge in [-0.2, -0.15) is 0 Å². The van der Waals surface area contributed by atoms with Crippen LogP contribution in [-0.2, 0) is 9.53 Å². The molecule has 180 valence electrons. The van der Waals surface area contributed by atoms with Crippen LogP contribution >= 0.6 is 15.9 Å². The summed E-state index contributed by atoms with van der Waals surface area (Å²) in [6, 6.07) is 0. The summed E-state index contributed by atoms with van der Waals surface area (Å²) in [7, 11) is 0. The maximum atomic E-state index is 10.4. The van der Waals surface area contributed by atoms with Gasteiger partial charge >= 0.3 is 5.97 Å². The SMILES string of the molecule is C.C=CCC1CC1O.C=CCC1CC1OC(C)=O.C=CCCCBr.C=CC[C@@H]1C[C@H]1O. The molecule has 0 spiro atoms. The molecule has 0 amide bonds. The number of aliphatic hydroxyl groups excluding tert-OH is 2. The fourth-order valence-electron chi connectivity index (χ4n) is 2.66. The standard InChI is InChI=1S/C8H12O2.2C6H10O.C5H9Br.CH4/c1-3-4-7-5-8(7)10-6(2)9;2*1-2-3-5-4-6(5)7;1-2-3-4-5-6;/h3,7-8H,1,4-5H2,2H3;2*2,5-7H,1,3-4H2;2H,1,3-5H2;1H4/t;5-,6-;;;/m.1.../s1. The molecule has 4 nitrogen and oxygen atoms in total. The van der Waals surface area contributed by atoms with Crippen LogP contribution in [0.4, 0.5) is 0 Å². The Morgan fingerprint density at radius 1 is 0.903 bits per heavy atom. The number of ether oxygens (including phenoxy) is 1. The summed E-state index contributed by atoms with van der Waals surface area (Å²) >= 11 is 3.30. The number of hydrogen-bond donors (Lipinski definition) is 2. The van der Waals surface area contributed by atoms with E-state index in [0.29, 0.717) is 17.8 Å². The molecule has 0 aliphatic heterocycles. The van der Waals surface area contributed by atoms with E-state index < -0.39 is 0 Å². The van der Waals surface area contributed by atoms with Gasteiger partial charge in [-0.15, -0.1) is 26.3 Å². The highest BCUT2D eigenvalue weighted by atomic mass is 79.9. The van der Waals surface area contributed by atoms with Gasteiger partial charge in [0.15, 0.2) is 0 Å². The minimum Gasteiger partial charge on any atom is -0.462 e. The van der Waals surface area contributed by atoms with Crippen LogP contribution in [0.3, 0.4) is 0 Å². The van der Waals surface area contributed by atoms with Crippen molar-refractivity contribution in [1.82, 2.24) is 0 Å². The number of allylic oxidation sites excluding steroid dienone is 4. The molecule has 2 N–H and O–H groups in total. The van der Waals surface area contributed by atoms with Gasteiger partial charge in [-0.1, -0.05) is 47.7 Å². The molecule has 0 saturated heterocycles. The number of alkyl halides is 1. The Labute approximate surface area is 199 Å². The normalized spacial score (nSPS) is 28.1. The molecule has 3 aliphatic carbocycles. The molecule has 0 heterocycles. The van der Waals surface area contributed by atoms with Crippen molar-refractivity contribution in [3.8, 4) is 0 Å².